The normalized spacial score (nSPS) is 11.8. The average molecular weight is 2070 g/mol. The van der Waals surface area contributed by atoms with Gasteiger partial charge in [-0.15, -0.1) is 0 Å². The van der Waals surface area contributed by atoms with Gasteiger partial charge in [0.15, 0.2) is 57.8 Å². The lowest BCUT2D eigenvalue weighted by Gasteiger charge is -2.28. The van der Waals surface area contributed by atoms with E-state index in [0.29, 0.717) is 125 Å². The number of aromatic nitrogens is 14. The van der Waals surface area contributed by atoms with E-state index in [1.807, 2.05) is 24.3 Å². The van der Waals surface area contributed by atoms with E-state index < -0.39 is 57.2 Å². The molecule has 6 N–H and O–H groups in total. The molecular formula is C104H94Cl4F4N18O16. The van der Waals surface area contributed by atoms with Crippen LogP contribution in [0.3, 0.4) is 0 Å². The van der Waals surface area contributed by atoms with E-state index in [9.17, 15) is 56.5 Å². The molecule has 0 aliphatic heterocycles. The van der Waals surface area contributed by atoms with E-state index in [1.54, 1.807) is 154 Å². The number of aryl methyl sites for hydroxylation is 4. The Kier molecular flexibility index (Phi) is 33.5. The molecule has 146 heavy (non-hydrogen) atoms. The smallest absolute Gasteiger partial charge is 0.247 e. The third-order valence-electron chi connectivity index (χ3n) is 22.9. The van der Waals surface area contributed by atoms with Gasteiger partial charge in [0.05, 0.1) is 152 Å². The van der Waals surface area contributed by atoms with Gasteiger partial charge in [0.2, 0.25) is 23.6 Å². The summed E-state index contributed by atoms with van der Waals surface area (Å²) in [7, 11) is 17.7. The average Bonchev–Trinajstić information content (AvgIpc) is 0.833. The van der Waals surface area contributed by atoms with Gasteiger partial charge in [-0.25, -0.2) is 37.5 Å². The monoisotopic (exact) mass is 2070 g/mol. The van der Waals surface area contributed by atoms with Crippen LogP contribution in [-0.2, 0) is 84.3 Å². The number of pyridine rings is 2. The molecule has 16 aromatic rings. The van der Waals surface area contributed by atoms with Crippen molar-refractivity contribution in [2.75, 3.05) is 78.1 Å². The summed E-state index contributed by atoms with van der Waals surface area (Å²) in [5.74, 6) is -6.82. The first-order chi connectivity index (χ1) is 69.7. The van der Waals surface area contributed by atoms with Crippen LogP contribution in [0.2, 0.25) is 20.1 Å². The van der Waals surface area contributed by atoms with Crippen molar-refractivity contribution in [3.63, 3.8) is 0 Å². The number of ketones is 2. The second kappa shape index (κ2) is 45.8. The Hall–Kier alpha value is -16.5. The van der Waals surface area contributed by atoms with Crippen molar-refractivity contribution < 1.29 is 94.4 Å². The minimum absolute atomic E-state index is 0.0111. The number of hydrogen-bond donors (Lipinski definition) is 6. The molecule has 16 rings (SSSR count). The number of hydrogen-bond acceptors (Lipinski definition) is 26. The molecular weight excluding hydrogens is 1980 g/mol. The zero-order valence-corrected chi connectivity index (χ0v) is 83.9. The summed E-state index contributed by atoms with van der Waals surface area (Å²) in [6.07, 6.45) is 17.6. The van der Waals surface area contributed by atoms with Crippen molar-refractivity contribution in [3.05, 3.63) is 343 Å². The lowest BCUT2D eigenvalue weighted by molar-refractivity contribution is -0.112. The van der Waals surface area contributed by atoms with Gasteiger partial charge in [-0.3, -0.25) is 57.5 Å². The first-order valence-corrected chi connectivity index (χ1v) is 45.3. The Morgan fingerprint density at radius 2 is 0.651 bits per heavy atom. The number of carbonyl (C=O) groups is 6. The highest BCUT2D eigenvalue weighted by molar-refractivity contribution is 6.39. The summed E-state index contributed by atoms with van der Waals surface area (Å²) in [6.45, 7) is 17.0. The molecule has 8 aromatic carbocycles. The van der Waals surface area contributed by atoms with Crippen LogP contribution in [-0.4, -0.2) is 171 Å². The highest BCUT2D eigenvalue weighted by atomic mass is 35.5. The second-order valence-electron chi connectivity index (χ2n) is 32.6. The summed E-state index contributed by atoms with van der Waals surface area (Å²) in [6, 6.07) is 30.6. The number of ether oxygens (including phenoxy) is 8. The number of halogens is 8. The fourth-order valence-corrected chi connectivity index (χ4v) is 17.3. The summed E-state index contributed by atoms with van der Waals surface area (Å²) in [5, 5.41) is 56.4. The van der Waals surface area contributed by atoms with Crippen molar-refractivity contribution >= 4 is 148 Å². The standard InChI is InChI=1S/C27H26Cl2N4O4.C26H25Cl2N5O4.C26H22F2N4O4.C25H21F2N5O4/c1-6-23(34)31-20-14-33(3)32-19(20)11-18-10-16-9-17(8-7-15(16)13-30-18)27(2,35)24-25(28)21(36-4)12-22(37-5)26(24)29;1-6-22(34)31-18-13-33(3)32-17(18)10-21-29-12-14-7-8-15(9-16(14)30-21)26(2,35)23-24(27)19(36-4)11-20(37-5)25(23)28;1-5-22(33)30-19-13-32(2)31-18(19)11-16-9-8-14-6-7-15(10-17(14)29-16)26(34)23-24(27)20(35-3)12-21(36-4)25(23)28;1-5-21(33)30-17-12-32(2)31-16(17)9-20-28-11-14-7-6-13(8-15(14)29-20)25(34)22-23(26)18(35-3)10-19(36-4)24(22)27/h6-10,12-14,35H,1,11H2,2-5H3,(H,31,34);6-9,11-13,35H,1,10H2,2-5H3,(H,31,34);5-10,12-13H,1,11H2,2-4H3,(H,30,33);5-8,10-12H,1,9H2,2-4H3,(H,30,33). The van der Waals surface area contributed by atoms with E-state index >= 15 is 0 Å². The molecule has 0 radical (unpaired) electrons. The number of methoxy groups -OCH3 is 8. The molecule has 752 valence electrons. The van der Waals surface area contributed by atoms with Gasteiger partial charge in [-0.2, -0.15) is 20.4 Å². The maximum atomic E-state index is 14.9. The van der Waals surface area contributed by atoms with E-state index in [0.717, 1.165) is 51.5 Å². The van der Waals surface area contributed by atoms with Crippen LogP contribution in [0, 0.1) is 23.3 Å². The molecule has 0 spiro atoms. The molecule has 8 aromatic heterocycles. The Morgan fingerprint density at radius 1 is 0.356 bits per heavy atom. The van der Waals surface area contributed by atoms with Crippen LogP contribution in [0.25, 0.3) is 43.5 Å². The number of anilines is 4. The molecule has 0 saturated carbocycles. The van der Waals surface area contributed by atoms with Crippen LogP contribution >= 0.6 is 46.4 Å². The predicted octanol–water partition coefficient (Wildman–Crippen LogP) is 17.7. The number of amides is 4. The van der Waals surface area contributed by atoms with E-state index in [4.69, 9.17) is 84.3 Å². The molecule has 42 heteroatoms. The number of benzene rings is 8. The summed E-state index contributed by atoms with van der Waals surface area (Å²) in [5.41, 5.74) is 4.14. The van der Waals surface area contributed by atoms with Crippen molar-refractivity contribution in [3.8, 4) is 46.0 Å². The van der Waals surface area contributed by atoms with Crippen molar-refractivity contribution in [1.82, 2.24) is 69.0 Å². The molecule has 8 heterocycles. The topological polar surface area (TPSA) is 413 Å². The maximum absolute atomic E-state index is 14.9. The fourth-order valence-electron chi connectivity index (χ4n) is 15.6. The minimum atomic E-state index is -1.61. The number of aliphatic hydroxyl groups is 2. The van der Waals surface area contributed by atoms with Crippen molar-refractivity contribution in [1.29, 1.82) is 0 Å². The molecule has 0 bridgehead atoms. The van der Waals surface area contributed by atoms with Gasteiger partial charge in [0, 0.05) is 164 Å². The molecule has 34 nitrogen and oxygen atoms in total. The fraction of sp³-hybridized carbons (Fsp3) is 0.192. The van der Waals surface area contributed by atoms with Crippen LogP contribution in [0.1, 0.15) is 114 Å². The summed E-state index contributed by atoms with van der Waals surface area (Å²) >= 11 is 26.3. The molecule has 4 amide bonds. The van der Waals surface area contributed by atoms with Gasteiger partial charge in [0.1, 0.15) is 57.0 Å². The predicted molar refractivity (Wildman–Crippen MR) is 544 cm³/mol. The zero-order valence-electron chi connectivity index (χ0n) is 80.9. The lowest BCUT2D eigenvalue weighted by atomic mass is 9.86. The summed E-state index contributed by atoms with van der Waals surface area (Å²) in [4.78, 5) is 100. The third-order valence-corrected chi connectivity index (χ3v) is 24.4. The Morgan fingerprint density at radius 3 is 1.01 bits per heavy atom. The first kappa shape index (κ1) is 107. The number of rotatable bonds is 32. The largest absolute Gasteiger partial charge is 0.495 e. The van der Waals surface area contributed by atoms with Gasteiger partial charge in [0.25, 0.3) is 0 Å². The highest BCUT2D eigenvalue weighted by Gasteiger charge is 2.38. The molecule has 0 saturated heterocycles. The minimum Gasteiger partial charge on any atom is -0.495 e. The maximum Gasteiger partial charge on any atom is 0.247 e. The van der Waals surface area contributed by atoms with Crippen LogP contribution < -0.4 is 59.2 Å². The van der Waals surface area contributed by atoms with Crippen molar-refractivity contribution in [2.24, 2.45) is 28.2 Å². The number of nitrogens with zero attached hydrogens (tertiary/aromatic N) is 14. The molecule has 2 atom stereocenters. The first-order valence-electron chi connectivity index (χ1n) is 43.8. The molecule has 0 aliphatic rings. The van der Waals surface area contributed by atoms with E-state index in [1.165, 1.54) is 98.0 Å². The Bertz CT molecular complexity index is 7320. The molecule has 0 fully saturated rings. The molecule has 0 aliphatic carbocycles. The number of fused-ring (bicyclic) bond motifs is 4. The van der Waals surface area contributed by atoms with E-state index in [2.05, 4.69) is 97.9 Å². The second-order valence-corrected chi connectivity index (χ2v) is 34.2. The van der Waals surface area contributed by atoms with Gasteiger partial charge in [-0.1, -0.05) is 127 Å². The van der Waals surface area contributed by atoms with E-state index in [-0.39, 0.29) is 108 Å². The van der Waals surface area contributed by atoms with Crippen molar-refractivity contribution in [2.45, 2.75) is 50.7 Å². The Labute approximate surface area is 852 Å². The van der Waals surface area contributed by atoms with Crippen LogP contribution in [0.5, 0.6) is 46.0 Å². The van der Waals surface area contributed by atoms with Crippen LogP contribution in [0.15, 0.2) is 209 Å². The quantitative estimate of drug-likeness (QED) is 0.0130. The van der Waals surface area contributed by atoms with Gasteiger partial charge < -0.3 is 69.4 Å². The molecule has 2 unspecified atom stereocenters. The summed E-state index contributed by atoms with van der Waals surface area (Å²) < 4.78 is 107. The third kappa shape index (κ3) is 23.4. The highest BCUT2D eigenvalue weighted by Crippen LogP contribution is 2.50. The van der Waals surface area contributed by atoms with Gasteiger partial charge in [-0.05, 0) is 91.1 Å². The van der Waals surface area contributed by atoms with Gasteiger partial charge >= 0.3 is 0 Å². The van der Waals surface area contributed by atoms with Crippen LogP contribution in [0.4, 0.5) is 40.3 Å². The number of nitrogens with one attached hydrogen (secondary N) is 4. The SMILES string of the molecule is C=CC(=O)Nc1cn(C)nc1Cc1cc2cc(C(C)(O)c3c(Cl)c(OC)cc(OC)c3Cl)ccc2cn1.C=CC(=O)Nc1cn(C)nc1Cc1ccc2ccc(C(=O)c3c(F)c(OC)cc(OC)c3F)cc2n1.C=CC(=O)Nc1cn(C)nc1Cc1ncc2ccc(C(=O)c3c(F)c(OC)cc(OC)c3F)cc2n1.C=CC(=O)Nc1cn(C)nc1Cc1ncc2ccc(C(C)(O)c3c(Cl)c(OC)cc(OC)c3Cl)cc2n1. The lowest BCUT2D eigenvalue weighted by Crippen LogP contribution is -2.24. The number of carbonyl (C=O) groups excluding carboxylic acids is 6. The zero-order chi connectivity index (χ0) is 106. The Balaban J connectivity index is 0.000000163.